The van der Waals surface area contributed by atoms with Crippen molar-refractivity contribution >= 4 is 11.9 Å². The second kappa shape index (κ2) is 10.6. The van der Waals surface area contributed by atoms with Crippen LogP contribution in [0.15, 0.2) is 23.2 Å². The number of guanidine groups is 1. The van der Waals surface area contributed by atoms with Gasteiger partial charge >= 0.3 is 0 Å². The van der Waals surface area contributed by atoms with Crippen LogP contribution in [-0.2, 0) is 4.79 Å². The number of likely N-dealkylation sites (tertiary alicyclic amines) is 1. The maximum Gasteiger partial charge on any atom is 0.224 e. The Morgan fingerprint density at radius 3 is 2.83 bits per heavy atom. The quantitative estimate of drug-likeness (QED) is 0.501. The first-order valence-corrected chi connectivity index (χ1v) is 11.1. The number of ether oxygens (including phenoxy) is 1. The van der Waals surface area contributed by atoms with Gasteiger partial charge in [-0.15, -0.1) is 0 Å². The smallest absolute Gasteiger partial charge is 0.224 e. The zero-order valence-electron chi connectivity index (χ0n) is 18.4. The molecule has 2 N–H and O–H groups in total. The van der Waals surface area contributed by atoms with Crippen molar-refractivity contribution in [1.29, 1.82) is 0 Å². The number of carbonyl (C=O) groups is 1. The summed E-state index contributed by atoms with van der Waals surface area (Å²) in [5.41, 5.74) is 0.813. The number of hydrogen-bond acceptors (Lipinski definition) is 3. The lowest BCUT2D eigenvalue weighted by atomic mass is 10.00. The molecule has 30 heavy (non-hydrogen) atoms. The van der Waals surface area contributed by atoms with E-state index >= 15 is 0 Å². The average molecular weight is 419 g/mol. The number of carbonyl (C=O) groups excluding carboxylic acids is 1. The van der Waals surface area contributed by atoms with E-state index in [9.17, 15) is 9.18 Å². The van der Waals surface area contributed by atoms with E-state index in [2.05, 4.69) is 22.5 Å². The molecule has 0 bridgehead atoms. The van der Waals surface area contributed by atoms with Crippen molar-refractivity contribution in [1.82, 2.24) is 15.5 Å². The predicted octanol–water partition coefficient (Wildman–Crippen LogP) is 3.49. The number of halogens is 1. The molecular weight excluding hydrogens is 383 g/mol. The summed E-state index contributed by atoms with van der Waals surface area (Å²) in [7, 11) is 1.69. The highest BCUT2D eigenvalue weighted by atomic mass is 19.1. The summed E-state index contributed by atoms with van der Waals surface area (Å²) in [6.45, 7) is 6.97. The van der Waals surface area contributed by atoms with Crippen LogP contribution in [0.5, 0.6) is 5.75 Å². The van der Waals surface area contributed by atoms with Gasteiger partial charge in [0.05, 0.1) is 12.6 Å². The van der Waals surface area contributed by atoms with Crippen molar-refractivity contribution in [3.05, 3.63) is 29.6 Å². The molecule has 2 aliphatic rings. The topological polar surface area (TPSA) is 66.0 Å². The second-order valence-corrected chi connectivity index (χ2v) is 8.65. The van der Waals surface area contributed by atoms with Crippen LogP contribution in [0.25, 0.3) is 0 Å². The van der Waals surface area contributed by atoms with E-state index in [1.165, 1.54) is 25.3 Å². The normalized spacial score (nSPS) is 20.6. The number of rotatable bonds is 8. The van der Waals surface area contributed by atoms with Gasteiger partial charge in [0.1, 0.15) is 0 Å². The first-order valence-electron chi connectivity index (χ1n) is 11.1. The number of benzene rings is 1. The summed E-state index contributed by atoms with van der Waals surface area (Å²) in [5.74, 6) is 1.91. The first kappa shape index (κ1) is 22.4. The third-order valence-corrected chi connectivity index (χ3v) is 5.85. The van der Waals surface area contributed by atoms with Gasteiger partial charge in [0.15, 0.2) is 17.5 Å². The van der Waals surface area contributed by atoms with Gasteiger partial charge in [-0.25, -0.2) is 4.39 Å². The summed E-state index contributed by atoms with van der Waals surface area (Å²) in [4.78, 5) is 18.6. The van der Waals surface area contributed by atoms with Gasteiger partial charge in [0, 0.05) is 33.1 Å². The molecule has 1 saturated heterocycles. The van der Waals surface area contributed by atoms with E-state index in [0.29, 0.717) is 43.1 Å². The lowest BCUT2D eigenvalue weighted by Crippen LogP contribution is -2.43. The van der Waals surface area contributed by atoms with Gasteiger partial charge in [-0.2, -0.15) is 0 Å². The predicted molar refractivity (Wildman–Crippen MR) is 117 cm³/mol. The molecule has 3 rings (SSSR count). The molecule has 1 aliphatic carbocycles. The first-order chi connectivity index (χ1) is 14.5. The van der Waals surface area contributed by atoms with Crippen LogP contribution >= 0.6 is 0 Å². The zero-order valence-corrected chi connectivity index (χ0v) is 18.4. The maximum absolute atomic E-state index is 14.4. The minimum atomic E-state index is -0.342. The molecule has 1 heterocycles. The number of amides is 1. The molecule has 0 aromatic heterocycles. The van der Waals surface area contributed by atoms with Crippen molar-refractivity contribution in [2.45, 2.75) is 52.0 Å². The van der Waals surface area contributed by atoms with Crippen LogP contribution in [0.2, 0.25) is 0 Å². The van der Waals surface area contributed by atoms with Gasteiger partial charge < -0.3 is 20.3 Å². The van der Waals surface area contributed by atoms with Crippen LogP contribution in [0, 0.1) is 17.7 Å². The lowest BCUT2D eigenvalue weighted by molar-refractivity contribution is -0.132. The molecule has 2 unspecified atom stereocenters. The van der Waals surface area contributed by atoms with E-state index in [0.717, 1.165) is 25.1 Å². The summed E-state index contributed by atoms with van der Waals surface area (Å²) in [5, 5.41) is 6.45. The van der Waals surface area contributed by atoms with Gasteiger partial charge in [-0.1, -0.05) is 13.0 Å². The fourth-order valence-corrected chi connectivity index (χ4v) is 3.74. The van der Waals surface area contributed by atoms with Crippen LogP contribution in [0.3, 0.4) is 0 Å². The molecule has 166 valence electrons. The van der Waals surface area contributed by atoms with Crippen LogP contribution in [0.4, 0.5) is 4.39 Å². The number of aliphatic imine (C=N–C) groups is 1. The Balaban J connectivity index is 1.44. The number of hydrogen-bond donors (Lipinski definition) is 2. The molecule has 1 saturated carbocycles. The highest BCUT2D eigenvalue weighted by Gasteiger charge is 2.23. The van der Waals surface area contributed by atoms with Gasteiger partial charge in [-0.05, 0) is 62.1 Å². The molecule has 2 atom stereocenters. The van der Waals surface area contributed by atoms with E-state index < -0.39 is 0 Å². The SMILES string of the molecule is CN=C(NCCC(=O)N1CCCC(C)C1)NC(C)c1ccc(OCC2CC2)c(F)c1. The molecule has 7 heteroatoms. The largest absolute Gasteiger partial charge is 0.490 e. The Morgan fingerprint density at radius 1 is 1.37 bits per heavy atom. The molecule has 0 radical (unpaired) electrons. The van der Waals surface area contributed by atoms with Crippen LogP contribution in [0.1, 0.15) is 57.6 Å². The summed E-state index contributed by atoms with van der Waals surface area (Å²) < 4.78 is 19.9. The van der Waals surface area contributed by atoms with Crippen molar-refractivity contribution < 1.29 is 13.9 Å². The molecule has 1 amide bonds. The summed E-state index contributed by atoms with van der Waals surface area (Å²) in [6, 6.07) is 4.94. The average Bonchev–Trinajstić information content (AvgIpc) is 3.56. The van der Waals surface area contributed by atoms with Gasteiger partial charge in [0.2, 0.25) is 5.91 Å². The third-order valence-electron chi connectivity index (χ3n) is 5.85. The maximum atomic E-state index is 14.4. The van der Waals surface area contributed by atoms with Crippen LogP contribution in [-0.4, -0.2) is 50.1 Å². The monoisotopic (exact) mass is 418 g/mol. The van der Waals surface area contributed by atoms with Crippen molar-refractivity contribution in [3.8, 4) is 5.75 Å². The molecule has 2 fully saturated rings. The minimum absolute atomic E-state index is 0.137. The lowest BCUT2D eigenvalue weighted by Gasteiger charge is -2.31. The highest BCUT2D eigenvalue weighted by molar-refractivity contribution is 5.81. The minimum Gasteiger partial charge on any atom is -0.490 e. The van der Waals surface area contributed by atoms with Gasteiger partial charge in [0.25, 0.3) is 0 Å². The van der Waals surface area contributed by atoms with Crippen molar-refractivity contribution in [2.75, 3.05) is 33.3 Å². The second-order valence-electron chi connectivity index (χ2n) is 8.65. The molecular formula is C23H35FN4O2. The standard InChI is InChI=1S/C23H35FN4O2/c1-16-5-4-12-28(14-16)22(29)10-11-26-23(25-3)27-17(2)19-8-9-21(20(24)13-19)30-15-18-6-7-18/h8-9,13,16-18H,4-7,10-12,14-15H2,1-3H3,(H2,25,26,27). The zero-order chi connectivity index (χ0) is 21.5. The molecule has 1 aromatic rings. The fourth-order valence-electron chi connectivity index (χ4n) is 3.74. The van der Waals surface area contributed by atoms with Gasteiger partial charge in [-0.3, -0.25) is 9.79 Å². The molecule has 6 nitrogen and oxygen atoms in total. The van der Waals surface area contributed by atoms with E-state index in [-0.39, 0.29) is 17.8 Å². The molecule has 1 aliphatic heterocycles. The van der Waals surface area contributed by atoms with Crippen molar-refractivity contribution in [2.24, 2.45) is 16.8 Å². The van der Waals surface area contributed by atoms with E-state index in [1.54, 1.807) is 13.1 Å². The molecule has 1 aromatic carbocycles. The molecule has 0 spiro atoms. The van der Waals surface area contributed by atoms with E-state index in [4.69, 9.17) is 4.74 Å². The summed E-state index contributed by atoms with van der Waals surface area (Å²) >= 11 is 0. The Kier molecular flexibility index (Phi) is 7.94. The van der Waals surface area contributed by atoms with Crippen molar-refractivity contribution in [3.63, 3.8) is 0 Å². The van der Waals surface area contributed by atoms with Crippen LogP contribution < -0.4 is 15.4 Å². The fraction of sp³-hybridized carbons (Fsp3) is 0.652. The third kappa shape index (κ3) is 6.61. The number of nitrogens with one attached hydrogen (secondary N) is 2. The Morgan fingerprint density at radius 2 is 2.17 bits per heavy atom. The number of nitrogens with zero attached hydrogens (tertiary/aromatic N) is 2. The highest BCUT2D eigenvalue weighted by Crippen LogP contribution is 2.30. The van der Waals surface area contributed by atoms with E-state index in [1.807, 2.05) is 17.9 Å². The Labute approximate surface area is 179 Å². The summed E-state index contributed by atoms with van der Waals surface area (Å²) in [6.07, 6.45) is 5.07. The Bertz CT molecular complexity index is 751. The Hall–Kier alpha value is -2.31. The number of piperidine rings is 1.